The third kappa shape index (κ3) is 5.49. The highest BCUT2D eigenvalue weighted by molar-refractivity contribution is 5.94. The van der Waals surface area contributed by atoms with E-state index < -0.39 is 0 Å². The predicted molar refractivity (Wildman–Crippen MR) is 90.5 cm³/mol. The standard InChI is InChI=1S/C19H23FN2O/c1-2-3-7-14-21-18(15-8-5-4-6-9-15)19(23)22-17-12-10-16(20)11-13-17/h4-6,8-13,18,21H,2-3,7,14H2,1H3,(H,22,23)/p+1/t18-/m0/s1. The summed E-state index contributed by atoms with van der Waals surface area (Å²) >= 11 is 0. The van der Waals surface area contributed by atoms with Gasteiger partial charge in [-0.25, -0.2) is 4.39 Å². The third-order valence-electron chi connectivity index (χ3n) is 3.76. The van der Waals surface area contributed by atoms with E-state index in [-0.39, 0.29) is 17.8 Å². The maximum Gasteiger partial charge on any atom is 0.287 e. The number of benzene rings is 2. The van der Waals surface area contributed by atoms with E-state index in [0.29, 0.717) is 5.69 Å². The zero-order valence-electron chi connectivity index (χ0n) is 13.5. The number of hydrogen-bond donors (Lipinski definition) is 2. The van der Waals surface area contributed by atoms with Crippen molar-refractivity contribution in [3.63, 3.8) is 0 Å². The smallest absolute Gasteiger partial charge is 0.287 e. The van der Waals surface area contributed by atoms with E-state index in [1.807, 2.05) is 30.3 Å². The molecule has 1 amide bonds. The number of unbranched alkanes of at least 4 members (excludes halogenated alkanes) is 2. The van der Waals surface area contributed by atoms with Gasteiger partial charge < -0.3 is 10.6 Å². The molecule has 0 aliphatic carbocycles. The fourth-order valence-electron chi connectivity index (χ4n) is 2.49. The quantitative estimate of drug-likeness (QED) is 0.722. The molecule has 0 unspecified atom stereocenters. The summed E-state index contributed by atoms with van der Waals surface area (Å²) in [5.74, 6) is -0.395. The Balaban J connectivity index is 2.05. The molecule has 122 valence electrons. The van der Waals surface area contributed by atoms with Gasteiger partial charge in [0.1, 0.15) is 5.82 Å². The first kappa shape index (κ1) is 17.2. The molecule has 2 rings (SSSR count). The Morgan fingerprint density at radius 3 is 2.43 bits per heavy atom. The zero-order valence-corrected chi connectivity index (χ0v) is 13.5. The number of rotatable bonds is 8. The van der Waals surface area contributed by atoms with Crippen molar-refractivity contribution < 1.29 is 14.5 Å². The SMILES string of the molecule is CCCCC[NH2+][C@H](C(=O)Nc1ccc(F)cc1)c1ccccc1. The molecular weight excluding hydrogens is 291 g/mol. The molecule has 0 bridgehead atoms. The summed E-state index contributed by atoms with van der Waals surface area (Å²) in [7, 11) is 0. The second kappa shape index (κ2) is 9.06. The summed E-state index contributed by atoms with van der Waals surface area (Å²) in [4.78, 5) is 12.6. The molecule has 23 heavy (non-hydrogen) atoms. The van der Waals surface area contributed by atoms with Crippen LogP contribution >= 0.6 is 0 Å². The molecule has 0 heterocycles. The highest BCUT2D eigenvalue weighted by Gasteiger charge is 2.23. The first-order chi connectivity index (χ1) is 11.2. The van der Waals surface area contributed by atoms with Crippen LogP contribution in [0.3, 0.4) is 0 Å². The molecule has 0 aliphatic heterocycles. The van der Waals surface area contributed by atoms with Gasteiger partial charge in [-0.1, -0.05) is 43.7 Å². The van der Waals surface area contributed by atoms with E-state index in [1.54, 1.807) is 12.1 Å². The Hall–Kier alpha value is -2.20. The maximum absolute atomic E-state index is 13.0. The van der Waals surface area contributed by atoms with E-state index in [2.05, 4.69) is 17.6 Å². The van der Waals surface area contributed by atoms with Crippen molar-refractivity contribution in [2.45, 2.75) is 32.2 Å². The summed E-state index contributed by atoms with van der Waals surface area (Å²) < 4.78 is 13.0. The van der Waals surface area contributed by atoms with Crippen LogP contribution in [-0.4, -0.2) is 12.5 Å². The molecule has 2 aromatic rings. The lowest BCUT2D eigenvalue weighted by atomic mass is 10.1. The first-order valence-corrected chi connectivity index (χ1v) is 8.15. The number of carbonyl (C=O) groups excluding carboxylic acids is 1. The molecule has 0 aromatic heterocycles. The van der Waals surface area contributed by atoms with Crippen molar-refractivity contribution in [2.75, 3.05) is 11.9 Å². The van der Waals surface area contributed by atoms with Crippen molar-refractivity contribution >= 4 is 11.6 Å². The Kier molecular flexibility index (Phi) is 6.76. The number of amides is 1. The van der Waals surface area contributed by atoms with Crippen LogP contribution < -0.4 is 10.6 Å². The number of anilines is 1. The maximum atomic E-state index is 13.0. The fraction of sp³-hybridized carbons (Fsp3) is 0.316. The monoisotopic (exact) mass is 315 g/mol. The largest absolute Gasteiger partial charge is 0.332 e. The van der Waals surface area contributed by atoms with Crippen molar-refractivity contribution in [3.05, 3.63) is 66.0 Å². The normalized spacial score (nSPS) is 11.9. The van der Waals surface area contributed by atoms with Gasteiger partial charge in [-0.2, -0.15) is 0 Å². The number of hydrogen-bond acceptors (Lipinski definition) is 1. The molecule has 0 radical (unpaired) electrons. The molecule has 4 heteroatoms. The minimum Gasteiger partial charge on any atom is -0.332 e. The number of nitrogens with two attached hydrogens (primary N) is 1. The van der Waals surface area contributed by atoms with Gasteiger partial charge in [0.05, 0.1) is 6.54 Å². The van der Waals surface area contributed by atoms with E-state index in [0.717, 1.165) is 31.4 Å². The summed E-state index contributed by atoms with van der Waals surface area (Å²) in [5.41, 5.74) is 1.59. The van der Waals surface area contributed by atoms with E-state index >= 15 is 0 Å². The summed E-state index contributed by atoms with van der Waals surface area (Å²) in [5, 5.41) is 4.95. The van der Waals surface area contributed by atoms with E-state index in [9.17, 15) is 9.18 Å². The first-order valence-electron chi connectivity index (χ1n) is 8.15. The average Bonchev–Trinajstić information content (AvgIpc) is 2.58. The number of quaternary nitrogens is 1. The van der Waals surface area contributed by atoms with Crippen LogP contribution in [0.2, 0.25) is 0 Å². The van der Waals surface area contributed by atoms with Gasteiger partial charge in [0, 0.05) is 11.3 Å². The highest BCUT2D eigenvalue weighted by Crippen LogP contribution is 2.13. The highest BCUT2D eigenvalue weighted by atomic mass is 19.1. The van der Waals surface area contributed by atoms with Gasteiger partial charge in [-0.05, 0) is 37.1 Å². The lowest BCUT2D eigenvalue weighted by Crippen LogP contribution is -2.87. The summed E-state index contributed by atoms with van der Waals surface area (Å²) in [6.07, 6.45) is 3.41. The number of halogens is 1. The summed E-state index contributed by atoms with van der Waals surface area (Å²) in [6, 6.07) is 15.3. The van der Waals surface area contributed by atoms with Gasteiger partial charge >= 0.3 is 0 Å². The Labute approximate surface area is 136 Å². The molecule has 0 saturated carbocycles. The Morgan fingerprint density at radius 1 is 1.09 bits per heavy atom. The molecule has 3 nitrogen and oxygen atoms in total. The molecule has 0 fully saturated rings. The Bertz CT molecular complexity index is 599. The molecule has 0 saturated heterocycles. The minimum absolute atomic E-state index is 0.0840. The van der Waals surface area contributed by atoms with Gasteiger partial charge in [0.15, 0.2) is 6.04 Å². The Morgan fingerprint density at radius 2 is 1.78 bits per heavy atom. The number of nitrogens with one attached hydrogen (secondary N) is 1. The van der Waals surface area contributed by atoms with Gasteiger partial charge in [-0.3, -0.25) is 4.79 Å². The van der Waals surface area contributed by atoms with Crippen LogP contribution in [0.5, 0.6) is 0 Å². The van der Waals surface area contributed by atoms with Crippen LogP contribution in [0.1, 0.15) is 37.8 Å². The minimum atomic E-state index is -0.311. The molecule has 3 N–H and O–H groups in total. The lowest BCUT2D eigenvalue weighted by Gasteiger charge is -2.16. The second-order valence-corrected chi connectivity index (χ2v) is 5.62. The zero-order chi connectivity index (χ0) is 16.5. The van der Waals surface area contributed by atoms with Crippen LogP contribution in [0.15, 0.2) is 54.6 Å². The average molecular weight is 315 g/mol. The summed E-state index contributed by atoms with van der Waals surface area (Å²) in [6.45, 7) is 3.07. The number of carbonyl (C=O) groups is 1. The fourth-order valence-corrected chi connectivity index (χ4v) is 2.49. The van der Waals surface area contributed by atoms with Crippen LogP contribution in [-0.2, 0) is 4.79 Å². The van der Waals surface area contributed by atoms with Gasteiger partial charge in [0.2, 0.25) is 0 Å². The third-order valence-corrected chi connectivity index (χ3v) is 3.76. The van der Waals surface area contributed by atoms with E-state index in [4.69, 9.17) is 0 Å². The molecular formula is C19H24FN2O+. The van der Waals surface area contributed by atoms with Gasteiger partial charge in [-0.15, -0.1) is 0 Å². The molecule has 0 aliphatic rings. The van der Waals surface area contributed by atoms with Crippen molar-refractivity contribution in [3.8, 4) is 0 Å². The van der Waals surface area contributed by atoms with Crippen molar-refractivity contribution in [1.29, 1.82) is 0 Å². The van der Waals surface area contributed by atoms with Crippen LogP contribution in [0.4, 0.5) is 10.1 Å². The van der Waals surface area contributed by atoms with Crippen molar-refractivity contribution in [2.24, 2.45) is 0 Å². The van der Waals surface area contributed by atoms with Gasteiger partial charge in [0.25, 0.3) is 5.91 Å². The molecule has 1 atom stereocenters. The lowest BCUT2D eigenvalue weighted by molar-refractivity contribution is -0.682. The molecule has 0 spiro atoms. The predicted octanol–water partition coefficient (Wildman–Crippen LogP) is 3.26. The van der Waals surface area contributed by atoms with E-state index in [1.165, 1.54) is 12.1 Å². The van der Waals surface area contributed by atoms with Crippen LogP contribution in [0.25, 0.3) is 0 Å². The second-order valence-electron chi connectivity index (χ2n) is 5.62. The molecule has 2 aromatic carbocycles. The van der Waals surface area contributed by atoms with Crippen molar-refractivity contribution in [1.82, 2.24) is 0 Å². The topological polar surface area (TPSA) is 45.7 Å². The van der Waals surface area contributed by atoms with Crippen LogP contribution in [0, 0.1) is 5.82 Å².